The van der Waals surface area contributed by atoms with E-state index in [-0.39, 0.29) is 10.6 Å². The lowest BCUT2D eigenvalue weighted by molar-refractivity contribution is -0.385. The third-order valence-corrected chi connectivity index (χ3v) is 4.92. The molecular weight excluding hydrogens is 398 g/mol. The van der Waals surface area contributed by atoms with Gasteiger partial charge in [-0.25, -0.2) is 8.42 Å². The smallest absolute Gasteiger partial charge is 0.273 e. The Balaban J connectivity index is 1.99. The van der Waals surface area contributed by atoms with Crippen LogP contribution in [0.3, 0.4) is 0 Å². The molecule has 2 N–H and O–H groups in total. The van der Waals surface area contributed by atoms with Gasteiger partial charge in [0.25, 0.3) is 21.6 Å². The summed E-state index contributed by atoms with van der Waals surface area (Å²) in [4.78, 5) is 23.7. The minimum absolute atomic E-state index is 0.321. The number of rotatable bonds is 9. The molecule has 0 radical (unpaired) electrons. The highest BCUT2D eigenvalue weighted by molar-refractivity contribution is 7.89. The molecule has 0 aromatic heterocycles. The molecule has 0 aliphatic rings. The number of nitrogens with zero attached hydrogens (tertiary/aromatic N) is 1. The summed E-state index contributed by atoms with van der Waals surface area (Å²) in [6.45, 7) is 5.42. The van der Waals surface area contributed by atoms with Crippen molar-refractivity contribution in [3.63, 3.8) is 0 Å². The molecule has 10 heteroatoms. The third-order valence-electron chi connectivity index (χ3n) is 3.67. The fraction of sp³-hybridized carbons (Fsp3) is 0.105. The van der Waals surface area contributed by atoms with Gasteiger partial charge in [-0.05, 0) is 36.8 Å². The molecule has 0 unspecified atom stereocenters. The van der Waals surface area contributed by atoms with Crippen LogP contribution in [0, 0.1) is 17.0 Å². The van der Waals surface area contributed by atoms with Gasteiger partial charge in [0, 0.05) is 17.7 Å². The van der Waals surface area contributed by atoms with Gasteiger partial charge in [-0.1, -0.05) is 30.9 Å². The SMILES string of the molecule is C=CCOc1ccc(/C=C/C(=O)NNS(=O)(=O)c2ccc(C)c([N+](=O)[O-])c2)cc1. The van der Waals surface area contributed by atoms with E-state index in [9.17, 15) is 23.3 Å². The lowest BCUT2D eigenvalue weighted by Gasteiger charge is -2.07. The highest BCUT2D eigenvalue weighted by atomic mass is 32.2. The molecule has 2 aromatic rings. The molecule has 9 nitrogen and oxygen atoms in total. The Morgan fingerprint density at radius 1 is 1.24 bits per heavy atom. The van der Waals surface area contributed by atoms with Crippen molar-refractivity contribution >= 4 is 27.7 Å². The summed E-state index contributed by atoms with van der Waals surface area (Å²) in [7, 11) is -4.17. The molecule has 2 rings (SSSR count). The second kappa shape index (κ2) is 9.62. The molecule has 0 atom stereocenters. The molecule has 1 amide bonds. The van der Waals surface area contributed by atoms with Gasteiger partial charge in [0.2, 0.25) is 0 Å². The molecule has 0 aliphatic heterocycles. The summed E-state index contributed by atoms with van der Waals surface area (Å²) < 4.78 is 29.8. The topological polar surface area (TPSA) is 128 Å². The van der Waals surface area contributed by atoms with Gasteiger partial charge in [-0.15, -0.1) is 4.83 Å². The second-order valence-corrected chi connectivity index (χ2v) is 7.48. The Bertz CT molecular complexity index is 1050. The molecule has 0 aliphatic carbocycles. The Morgan fingerprint density at radius 2 is 1.93 bits per heavy atom. The first-order valence-electron chi connectivity index (χ1n) is 8.31. The Hall–Kier alpha value is -3.50. The number of hydrogen-bond acceptors (Lipinski definition) is 6. The summed E-state index contributed by atoms with van der Waals surface area (Å²) in [5.74, 6) is -0.0753. The number of sulfonamides is 1. The van der Waals surface area contributed by atoms with Crippen molar-refractivity contribution in [2.45, 2.75) is 11.8 Å². The molecule has 0 saturated heterocycles. The van der Waals surface area contributed by atoms with Crippen LogP contribution in [-0.4, -0.2) is 25.9 Å². The summed E-state index contributed by atoms with van der Waals surface area (Å²) in [6.07, 6.45) is 4.24. The maximum Gasteiger partial charge on any atom is 0.273 e. The first-order valence-corrected chi connectivity index (χ1v) is 9.80. The van der Waals surface area contributed by atoms with Gasteiger partial charge in [-0.3, -0.25) is 20.3 Å². The minimum atomic E-state index is -4.17. The maximum atomic E-state index is 12.2. The third kappa shape index (κ3) is 6.26. The van der Waals surface area contributed by atoms with E-state index in [1.165, 1.54) is 25.1 Å². The normalized spacial score (nSPS) is 11.2. The molecule has 0 bridgehead atoms. The summed E-state index contributed by atoms with van der Waals surface area (Å²) in [5, 5.41) is 11.0. The van der Waals surface area contributed by atoms with Crippen molar-refractivity contribution in [2.24, 2.45) is 0 Å². The van der Waals surface area contributed by atoms with E-state index in [0.717, 1.165) is 12.1 Å². The lowest BCUT2D eigenvalue weighted by atomic mass is 10.2. The number of nitro groups is 1. The highest BCUT2D eigenvalue weighted by Gasteiger charge is 2.20. The van der Waals surface area contributed by atoms with Gasteiger partial charge in [0.15, 0.2) is 0 Å². The number of hydrazine groups is 1. The van der Waals surface area contributed by atoms with Crippen LogP contribution in [-0.2, 0) is 14.8 Å². The van der Waals surface area contributed by atoms with Crippen LogP contribution >= 0.6 is 0 Å². The monoisotopic (exact) mass is 417 g/mol. The van der Waals surface area contributed by atoms with E-state index in [4.69, 9.17) is 4.74 Å². The number of hydrogen-bond donors (Lipinski definition) is 2. The maximum absolute atomic E-state index is 12.2. The molecular formula is C19H19N3O6S. The minimum Gasteiger partial charge on any atom is -0.490 e. The number of carbonyl (C=O) groups excluding carboxylic acids is 1. The average Bonchev–Trinajstić information content (AvgIpc) is 2.70. The highest BCUT2D eigenvalue weighted by Crippen LogP contribution is 2.21. The van der Waals surface area contributed by atoms with Crippen molar-refractivity contribution in [1.29, 1.82) is 0 Å². The Kier molecular flexibility index (Phi) is 7.23. The van der Waals surface area contributed by atoms with E-state index >= 15 is 0 Å². The van der Waals surface area contributed by atoms with E-state index in [0.29, 0.717) is 23.5 Å². The van der Waals surface area contributed by atoms with E-state index in [1.807, 2.05) is 10.3 Å². The largest absolute Gasteiger partial charge is 0.490 e. The van der Waals surface area contributed by atoms with Crippen molar-refractivity contribution in [3.8, 4) is 5.75 Å². The predicted molar refractivity (Wildman–Crippen MR) is 107 cm³/mol. The van der Waals surface area contributed by atoms with E-state index in [1.54, 1.807) is 30.3 Å². The Labute approximate surface area is 167 Å². The van der Waals surface area contributed by atoms with Crippen molar-refractivity contribution in [1.82, 2.24) is 10.3 Å². The summed E-state index contributed by atoms with van der Waals surface area (Å²) in [6, 6.07) is 10.3. The zero-order valence-electron chi connectivity index (χ0n) is 15.5. The van der Waals surface area contributed by atoms with Crippen molar-refractivity contribution in [2.75, 3.05) is 6.61 Å². The zero-order chi connectivity index (χ0) is 21.4. The standard InChI is InChI=1S/C19H19N3O6S/c1-3-12-28-16-8-5-15(6-9-16)7-11-19(23)20-21-29(26,27)17-10-4-14(2)18(13-17)22(24)25/h3-11,13,21H,1,12H2,2H3,(H,20,23)/b11-7+. The quantitative estimate of drug-likeness (QED) is 0.279. The summed E-state index contributed by atoms with van der Waals surface area (Å²) >= 11 is 0. The molecule has 0 heterocycles. The number of nitro benzene ring substituents is 1. The fourth-order valence-electron chi connectivity index (χ4n) is 2.17. The fourth-order valence-corrected chi connectivity index (χ4v) is 3.04. The predicted octanol–water partition coefficient (Wildman–Crippen LogP) is 2.49. The van der Waals surface area contributed by atoms with Crippen LogP contribution in [0.15, 0.2) is 66.1 Å². The number of ether oxygens (including phenoxy) is 1. The molecule has 0 spiro atoms. The lowest BCUT2D eigenvalue weighted by Crippen LogP contribution is -2.40. The second-order valence-electron chi connectivity index (χ2n) is 5.80. The van der Waals surface area contributed by atoms with E-state index < -0.39 is 20.9 Å². The number of nitrogens with one attached hydrogen (secondary N) is 2. The van der Waals surface area contributed by atoms with Gasteiger partial charge >= 0.3 is 0 Å². The van der Waals surface area contributed by atoms with Gasteiger partial charge in [0.1, 0.15) is 12.4 Å². The van der Waals surface area contributed by atoms with Gasteiger partial charge in [-0.2, -0.15) is 0 Å². The molecule has 152 valence electrons. The average molecular weight is 417 g/mol. The van der Waals surface area contributed by atoms with Crippen LogP contribution in [0.4, 0.5) is 5.69 Å². The summed E-state index contributed by atoms with van der Waals surface area (Å²) in [5.41, 5.74) is 2.71. The van der Waals surface area contributed by atoms with Gasteiger partial charge in [0.05, 0.1) is 9.82 Å². The van der Waals surface area contributed by atoms with E-state index in [2.05, 4.69) is 6.58 Å². The van der Waals surface area contributed by atoms with Crippen LogP contribution in [0.1, 0.15) is 11.1 Å². The number of aryl methyl sites for hydroxylation is 1. The number of amides is 1. The van der Waals surface area contributed by atoms with Crippen LogP contribution in [0.2, 0.25) is 0 Å². The van der Waals surface area contributed by atoms with Crippen molar-refractivity contribution in [3.05, 3.63) is 82.4 Å². The first-order chi connectivity index (χ1) is 13.7. The Morgan fingerprint density at radius 3 is 2.55 bits per heavy atom. The van der Waals surface area contributed by atoms with Crippen LogP contribution in [0.5, 0.6) is 5.75 Å². The van der Waals surface area contributed by atoms with Gasteiger partial charge < -0.3 is 4.74 Å². The molecule has 0 fully saturated rings. The zero-order valence-corrected chi connectivity index (χ0v) is 16.3. The van der Waals surface area contributed by atoms with Crippen LogP contribution < -0.4 is 15.0 Å². The molecule has 29 heavy (non-hydrogen) atoms. The molecule has 0 saturated carbocycles. The van der Waals surface area contributed by atoms with Crippen LogP contribution in [0.25, 0.3) is 6.08 Å². The van der Waals surface area contributed by atoms with Crippen molar-refractivity contribution < 1.29 is 22.9 Å². The first kappa shape index (κ1) is 21.8. The number of carbonyl (C=O) groups is 1. The number of benzene rings is 2. The molecule has 2 aromatic carbocycles.